The lowest BCUT2D eigenvalue weighted by Gasteiger charge is -2.32. The van der Waals surface area contributed by atoms with E-state index in [4.69, 9.17) is 4.74 Å². The summed E-state index contributed by atoms with van der Waals surface area (Å²) in [6.07, 6.45) is 1.92. The minimum absolute atomic E-state index is 0.187. The lowest BCUT2D eigenvalue weighted by atomic mass is 10.0. The molecule has 1 N–H and O–H groups in total. The Bertz CT molecular complexity index is 1190. The molecule has 196 valence electrons. The molecule has 1 spiro atoms. The number of ether oxygens (including phenoxy) is 1. The zero-order chi connectivity index (χ0) is 26.1. The molecule has 0 unspecified atom stereocenters. The highest BCUT2D eigenvalue weighted by molar-refractivity contribution is 7.89. The van der Waals surface area contributed by atoms with Crippen molar-refractivity contribution in [1.29, 1.82) is 0 Å². The maximum absolute atomic E-state index is 14.7. The summed E-state index contributed by atoms with van der Waals surface area (Å²) in [4.78, 5) is 15.0. The van der Waals surface area contributed by atoms with Gasteiger partial charge in [0.25, 0.3) is 0 Å². The van der Waals surface area contributed by atoms with Crippen molar-refractivity contribution in [3.8, 4) is 0 Å². The molecule has 1 atom stereocenters. The number of nitrogens with one attached hydrogen (secondary N) is 1. The fourth-order valence-electron chi connectivity index (χ4n) is 4.89. The Labute approximate surface area is 213 Å². The number of halogens is 1. The van der Waals surface area contributed by atoms with E-state index in [-0.39, 0.29) is 22.7 Å². The van der Waals surface area contributed by atoms with E-state index in [1.807, 2.05) is 20.8 Å². The Morgan fingerprint density at radius 3 is 2.42 bits per heavy atom. The van der Waals surface area contributed by atoms with E-state index < -0.39 is 27.8 Å². The first-order chi connectivity index (χ1) is 16.9. The number of sulfonamides is 1. The molecule has 1 amide bonds. The van der Waals surface area contributed by atoms with Gasteiger partial charge in [-0.3, -0.25) is 0 Å². The second-order valence-corrected chi connectivity index (χ2v) is 12.8. The molecule has 2 fully saturated rings. The van der Waals surface area contributed by atoms with Gasteiger partial charge in [-0.25, -0.2) is 17.6 Å². The smallest absolute Gasteiger partial charge is 0.410 e. The molecule has 0 radical (unpaired) electrons. The second kappa shape index (κ2) is 10.0. The summed E-state index contributed by atoms with van der Waals surface area (Å²) >= 11 is 0. The lowest BCUT2D eigenvalue weighted by molar-refractivity contribution is 0.0215. The summed E-state index contributed by atoms with van der Waals surface area (Å²) in [6.45, 7) is 6.40. The highest BCUT2D eigenvalue weighted by atomic mass is 32.2. The fourth-order valence-corrected chi connectivity index (χ4v) is 6.67. The average Bonchev–Trinajstić information content (AvgIpc) is 3.61. The highest BCUT2D eigenvalue weighted by Gasteiger charge is 2.52. The van der Waals surface area contributed by atoms with E-state index in [9.17, 15) is 17.6 Å². The first kappa shape index (κ1) is 26.4. The standard InChI is InChI=1S/C27H36FN3O4S/c1-26(2,3)35-25(32)30-17-20(13-14-22-23(28)11-8-12-24(22)29-4)31(19-27(18-30)15-16-27)36(33,34)21-9-6-5-7-10-21/h5-12,20,29H,13-19H2,1-4H3/t20-/m0/s1. The van der Waals surface area contributed by atoms with E-state index >= 15 is 0 Å². The third-order valence-corrected chi connectivity index (χ3v) is 8.84. The van der Waals surface area contributed by atoms with Crippen LogP contribution in [-0.4, -0.2) is 62.0 Å². The largest absolute Gasteiger partial charge is 0.444 e. The van der Waals surface area contributed by atoms with E-state index in [0.717, 1.165) is 12.8 Å². The summed E-state index contributed by atoms with van der Waals surface area (Å²) < 4.78 is 49.7. The minimum atomic E-state index is -3.83. The van der Waals surface area contributed by atoms with E-state index in [1.54, 1.807) is 58.7 Å². The molecule has 9 heteroatoms. The number of benzene rings is 2. The summed E-state index contributed by atoms with van der Waals surface area (Å²) in [7, 11) is -2.10. The van der Waals surface area contributed by atoms with E-state index in [1.165, 1.54) is 6.07 Å². The molecule has 1 saturated heterocycles. The Kier molecular flexibility index (Phi) is 7.35. The van der Waals surface area contributed by atoms with Gasteiger partial charge in [0.15, 0.2) is 0 Å². The van der Waals surface area contributed by atoms with Gasteiger partial charge >= 0.3 is 6.09 Å². The van der Waals surface area contributed by atoms with Crippen LogP contribution in [-0.2, 0) is 21.2 Å². The van der Waals surface area contributed by atoms with Crippen LogP contribution in [0.15, 0.2) is 53.4 Å². The normalized spacial score (nSPS) is 20.1. The maximum Gasteiger partial charge on any atom is 0.410 e. The molecule has 1 aliphatic carbocycles. The van der Waals surface area contributed by atoms with Crippen LogP contribution in [0.1, 0.15) is 45.6 Å². The van der Waals surface area contributed by atoms with E-state index in [0.29, 0.717) is 37.2 Å². The van der Waals surface area contributed by atoms with Crippen molar-refractivity contribution < 1.29 is 22.3 Å². The third-order valence-electron chi connectivity index (χ3n) is 6.93. The molecule has 4 rings (SSSR count). The molecular weight excluding hydrogens is 481 g/mol. The van der Waals surface area contributed by atoms with Gasteiger partial charge in [-0.15, -0.1) is 0 Å². The van der Waals surface area contributed by atoms with Gasteiger partial charge in [0, 0.05) is 49.4 Å². The predicted octanol–water partition coefficient (Wildman–Crippen LogP) is 4.89. The number of amides is 1. The Balaban J connectivity index is 1.70. The number of hydrogen-bond acceptors (Lipinski definition) is 5. The molecule has 0 aromatic heterocycles. The quantitative estimate of drug-likeness (QED) is 0.590. The molecule has 2 aliphatic rings. The zero-order valence-electron chi connectivity index (χ0n) is 21.5. The van der Waals surface area contributed by atoms with Gasteiger partial charge in [0.1, 0.15) is 11.4 Å². The monoisotopic (exact) mass is 517 g/mol. The summed E-state index contributed by atoms with van der Waals surface area (Å²) in [5.41, 5.74) is 0.219. The number of carbonyl (C=O) groups is 1. The van der Waals surface area contributed by atoms with Crippen molar-refractivity contribution >= 4 is 21.8 Å². The lowest BCUT2D eigenvalue weighted by Crippen LogP contribution is -2.46. The fraction of sp³-hybridized carbons (Fsp3) is 0.519. The molecular formula is C27H36FN3O4S. The average molecular weight is 518 g/mol. The predicted molar refractivity (Wildman–Crippen MR) is 138 cm³/mol. The Hall–Kier alpha value is -2.65. The number of nitrogens with zero attached hydrogens (tertiary/aromatic N) is 2. The van der Waals surface area contributed by atoms with Crippen LogP contribution in [0, 0.1) is 11.2 Å². The number of carbonyl (C=O) groups excluding carboxylic acids is 1. The van der Waals surface area contributed by atoms with Gasteiger partial charge in [-0.05, 0) is 70.7 Å². The van der Waals surface area contributed by atoms with Crippen LogP contribution in [0.4, 0.5) is 14.9 Å². The van der Waals surface area contributed by atoms with Crippen LogP contribution in [0.3, 0.4) is 0 Å². The molecule has 7 nitrogen and oxygen atoms in total. The topological polar surface area (TPSA) is 79.0 Å². The summed E-state index contributed by atoms with van der Waals surface area (Å²) in [5.74, 6) is -0.337. The van der Waals surface area contributed by atoms with Gasteiger partial charge in [0.2, 0.25) is 10.0 Å². The van der Waals surface area contributed by atoms with Crippen molar-refractivity contribution in [3.63, 3.8) is 0 Å². The summed E-state index contributed by atoms with van der Waals surface area (Å²) in [6, 6.07) is 12.7. The third kappa shape index (κ3) is 5.83. The molecule has 2 aromatic rings. The van der Waals surface area contributed by atoms with Crippen LogP contribution in [0.25, 0.3) is 0 Å². The number of hydrogen-bond donors (Lipinski definition) is 1. The van der Waals surface area contributed by atoms with Gasteiger partial charge in [-0.2, -0.15) is 4.31 Å². The van der Waals surface area contributed by atoms with Crippen molar-refractivity contribution in [2.24, 2.45) is 5.41 Å². The van der Waals surface area contributed by atoms with Crippen molar-refractivity contribution in [1.82, 2.24) is 9.21 Å². The van der Waals surface area contributed by atoms with Crippen LogP contribution >= 0.6 is 0 Å². The number of anilines is 1. The molecule has 1 heterocycles. The zero-order valence-corrected chi connectivity index (χ0v) is 22.3. The highest BCUT2D eigenvalue weighted by Crippen LogP contribution is 2.49. The maximum atomic E-state index is 14.7. The van der Waals surface area contributed by atoms with Crippen LogP contribution < -0.4 is 5.32 Å². The van der Waals surface area contributed by atoms with Crippen LogP contribution in [0.5, 0.6) is 0 Å². The van der Waals surface area contributed by atoms with E-state index in [2.05, 4.69) is 5.32 Å². The van der Waals surface area contributed by atoms with Crippen molar-refractivity contribution in [2.75, 3.05) is 32.0 Å². The molecule has 2 aromatic carbocycles. The first-order valence-corrected chi connectivity index (χ1v) is 13.9. The van der Waals surface area contributed by atoms with Gasteiger partial charge < -0.3 is 15.0 Å². The molecule has 1 aliphatic heterocycles. The molecule has 1 saturated carbocycles. The van der Waals surface area contributed by atoms with Crippen molar-refractivity contribution in [2.45, 2.75) is 63.0 Å². The van der Waals surface area contributed by atoms with Crippen LogP contribution in [0.2, 0.25) is 0 Å². The van der Waals surface area contributed by atoms with Gasteiger partial charge in [-0.1, -0.05) is 24.3 Å². The summed E-state index contributed by atoms with van der Waals surface area (Å²) in [5, 5.41) is 3.02. The molecule has 0 bridgehead atoms. The SMILES string of the molecule is CNc1cccc(F)c1CC[C@H]1CN(C(=O)OC(C)(C)C)CC2(CC2)CN1S(=O)(=O)c1ccccc1. The minimum Gasteiger partial charge on any atom is -0.444 e. The molecule has 36 heavy (non-hydrogen) atoms. The van der Waals surface area contributed by atoms with Gasteiger partial charge in [0.05, 0.1) is 4.90 Å². The van der Waals surface area contributed by atoms with Crippen molar-refractivity contribution in [3.05, 3.63) is 59.9 Å². The Morgan fingerprint density at radius 1 is 1.11 bits per heavy atom. The Morgan fingerprint density at radius 2 is 1.81 bits per heavy atom. The number of rotatable bonds is 6. The first-order valence-electron chi connectivity index (χ1n) is 12.4. The second-order valence-electron chi connectivity index (χ2n) is 10.9.